The summed E-state index contributed by atoms with van der Waals surface area (Å²) >= 11 is 0. The van der Waals surface area contributed by atoms with Crippen LogP contribution in [0.25, 0.3) is 22.4 Å². The minimum atomic E-state index is 0.710. The van der Waals surface area contributed by atoms with Crippen LogP contribution < -0.4 is 4.74 Å². The number of rotatable bonds is 9. The molecular weight excluding hydrogens is 356 g/mol. The molecule has 0 spiro atoms. The zero-order valence-corrected chi connectivity index (χ0v) is 16.6. The van der Waals surface area contributed by atoms with E-state index in [1.165, 1.54) is 11.1 Å². The van der Waals surface area contributed by atoms with E-state index in [9.17, 15) is 0 Å². The number of imidazole rings is 1. The van der Waals surface area contributed by atoms with E-state index >= 15 is 0 Å². The molecule has 0 aliphatic rings. The van der Waals surface area contributed by atoms with Gasteiger partial charge in [-0.1, -0.05) is 66.7 Å². The number of hydrogen-bond acceptors (Lipinski definition) is 2. The molecule has 0 saturated carbocycles. The third-order valence-corrected chi connectivity index (χ3v) is 5.06. The molecule has 0 saturated heterocycles. The molecule has 0 unspecified atom stereocenters. The second-order valence-corrected chi connectivity index (χ2v) is 7.10. The minimum Gasteiger partial charge on any atom is -0.493 e. The van der Waals surface area contributed by atoms with Crippen LogP contribution >= 0.6 is 0 Å². The van der Waals surface area contributed by atoms with Crippen LogP contribution in [0.2, 0.25) is 0 Å². The molecule has 4 aromatic rings. The number of ether oxygens (including phenoxy) is 1. The predicted molar refractivity (Wildman–Crippen MR) is 120 cm³/mol. The van der Waals surface area contributed by atoms with Gasteiger partial charge >= 0.3 is 0 Å². The molecule has 0 amide bonds. The number of fused-ring (bicyclic) bond motifs is 1. The molecule has 0 radical (unpaired) electrons. The Morgan fingerprint density at radius 2 is 1.62 bits per heavy atom. The standard InChI is InChI=1S/C26H26N2O/c1-2-12-21-13-6-9-18-25(21)29-20-11-10-19-28-24-17-8-7-16-23(24)27-26(28)22-14-4-3-5-15-22/h2-9,13-18H,1,10-12,19-20H2. The van der Waals surface area contributed by atoms with Crippen molar-refractivity contribution in [3.05, 3.63) is 97.1 Å². The van der Waals surface area contributed by atoms with Gasteiger partial charge in [0.25, 0.3) is 0 Å². The van der Waals surface area contributed by atoms with Crippen LogP contribution in [0.4, 0.5) is 0 Å². The molecule has 1 heterocycles. The quantitative estimate of drug-likeness (QED) is 0.251. The molecule has 0 bridgehead atoms. The Balaban J connectivity index is 1.43. The summed E-state index contributed by atoms with van der Waals surface area (Å²) in [6.45, 7) is 5.46. The van der Waals surface area contributed by atoms with Gasteiger partial charge in [-0.3, -0.25) is 0 Å². The zero-order chi connectivity index (χ0) is 19.9. The second-order valence-electron chi connectivity index (χ2n) is 7.10. The summed E-state index contributed by atoms with van der Waals surface area (Å²) in [5.41, 5.74) is 4.57. The lowest BCUT2D eigenvalue weighted by Crippen LogP contribution is -2.04. The van der Waals surface area contributed by atoms with Gasteiger partial charge in [-0.2, -0.15) is 0 Å². The Bertz CT molecular complexity index is 1080. The monoisotopic (exact) mass is 382 g/mol. The maximum Gasteiger partial charge on any atom is 0.141 e. The highest BCUT2D eigenvalue weighted by Crippen LogP contribution is 2.25. The fourth-order valence-electron chi connectivity index (χ4n) is 3.63. The van der Waals surface area contributed by atoms with E-state index in [-0.39, 0.29) is 0 Å². The lowest BCUT2D eigenvalue weighted by atomic mass is 10.1. The van der Waals surface area contributed by atoms with Gasteiger partial charge in [-0.25, -0.2) is 4.98 Å². The number of para-hydroxylation sites is 3. The van der Waals surface area contributed by atoms with Crippen molar-refractivity contribution in [2.24, 2.45) is 0 Å². The number of aryl methyl sites for hydroxylation is 1. The van der Waals surface area contributed by atoms with Crippen molar-refractivity contribution < 1.29 is 4.74 Å². The fraction of sp³-hybridized carbons (Fsp3) is 0.192. The van der Waals surface area contributed by atoms with E-state index in [4.69, 9.17) is 9.72 Å². The van der Waals surface area contributed by atoms with Gasteiger partial charge in [-0.15, -0.1) is 6.58 Å². The summed E-state index contributed by atoms with van der Waals surface area (Å²) in [6.07, 6.45) is 4.77. The first-order valence-corrected chi connectivity index (χ1v) is 10.2. The maximum absolute atomic E-state index is 6.04. The smallest absolute Gasteiger partial charge is 0.141 e. The Morgan fingerprint density at radius 3 is 2.48 bits per heavy atom. The number of aromatic nitrogens is 2. The van der Waals surface area contributed by atoms with Crippen molar-refractivity contribution in [1.82, 2.24) is 9.55 Å². The Morgan fingerprint density at radius 1 is 0.862 bits per heavy atom. The molecule has 146 valence electrons. The first-order valence-electron chi connectivity index (χ1n) is 10.2. The number of unbranched alkanes of at least 4 members (excludes halogenated alkanes) is 1. The van der Waals surface area contributed by atoms with Crippen molar-refractivity contribution >= 4 is 11.0 Å². The first kappa shape index (κ1) is 19.0. The molecule has 0 fully saturated rings. The highest BCUT2D eigenvalue weighted by Gasteiger charge is 2.11. The van der Waals surface area contributed by atoms with E-state index in [2.05, 4.69) is 59.7 Å². The average molecular weight is 383 g/mol. The van der Waals surface area contributed by atoms with Gasteiger partial charge in [0, 0.05) is 12.1 Å². The van der Waals surface area contributed by atoms with Gasteiger partial charge in [-0.05, 0) is 43.0 Å². The first-order chi connectivity index (χ1) is 14.4. The van der Waals surface area contributed by atoms with Gasteiger partial charge in [0.05, 0.1) is 17.6 Å². The molecule has 0 N–H and O–H groups in total. The maximum atomic E-state index is 6.04. The third-order valence-electron chi connectivity index (χ3n) is 5.06. The molecule has 29 heavy (non-hydrogen) atoms. The summed E-state index contributed by atoms with van der Waals surface area (Å²) in [7, 11) is 0. The van der Waals surface area contributed by atoms with E-state index in [0.717, 1.165) is 48.5 Å². The van der Waals surface area contributed by atoms with E-state index in [1.54, 1.807) is 0 Å². The van der Waals surface area contributed by atoms with Crippen LogP contribution in [0.1, 0.15) is 18.4 Å². The number of benzene rings is 3. The van der Waals surface area contributed by atoms with Gasteiger partial charge in [0.15, 0.2) is 0 Å². The number of allylic oxidation sites excluding steroid dienone is 1. The van der Waals surface area contributed by atoms with Crippen molar-refractivity contribution in [3.8, 4) is 17.1 Å². The lowest BCUT2D eigenvalue weighted by molar-refractivity contribution is 0.301. The van der Waals surface area contributed by atoms with Crippen molar-refractivity contribution in [3.63, 3.8) is 0 Å². The minimum absolute atomic E-state index is 0.710. The van der Waals surface area contributed by atoms with Crippen molar-refractivity contribution in [2.75, 3.05) is 6.61 Å². The molecule has 3 aromatic carbocycles. The highest BCUT2D eigenvalue weighted by atomic mass is 16.5. The Kier molecular flexibility index (Phi) is 6.06. The summed E-state index contributed by atoms with van der Waals surface area (Å²) < 4.78 is 8.37. The average Bonchev–Trinajstić information content (AvgIpc) is 3.14. The van der Waals surface area contributed by atoms with Crippen LogP contribution in [-0.2, 0) is 13.0 Å². The molecule has 4 rings (SSSR count). The molecular formula is C26H26N2O. The topological polar surface area (TPSA) is 27.1 Å². The summed E-state index contributed by atoms with van der Waals surface area (Å²) in [5, 5.41) is 0. The molecule has 1 aromatic heterocycles. The second kappa shape index (κ2) is 9.24. The van der Waals surface area contributed by atoms with E-state index in [0.29, 0.717) is 6.61 Å². The molecule has 0 atom stereocenters. The molecule has 0 aliphatic carbocycles. The predicted octanol–water partition coefficient (Wildman–Crippen LogP) is 6.29. The van der Waals surface area contributed by atoms with Crippen LogP contribution in [0.15, 0.2) is 91.5 Å². The lowest BCUT2D eigenvalue weighted by Gasteiger charge is -2.12. The summed E-state index contributed by atoms with van der Waals surface area (Å²) in [5.74, 6) is 1.99. The zero-order valence-electron chi connectivity index (χ0n) is 16.6. The normalized spacial score (nSPS) is 10.9. The molecule has 3 nitrogen and oxygen atoms in total. The summed E-state index contributed by atoms with van der Waals surface area (Å²) in [4.78, 5) is 4.88. The van der Waals surface area contributed by atoms with Crippen LogP contribution in [-0.4, -0.2) is 16.2 Å². The van der Waals surface area contributed by atoms with Crippen LogP contribution in [0, 0.1) is 0 Å². The number of hydrogen-bond donors (Lipinski definition) is 0. The van der Waals surface area contributed by atoms with Crippen LogP contribution in [0.5, 0.6) is 5.75 Å². The van der Waals surface area contributed by atoms with Crippen LogP contribution in [0.3, 0.4) is 0 Å². The van der Waals surface area contributed by atoms with Gasteiger partial charge in [0.2, 0.25) is 0 Å². The van der Waals surface area contributed by atoms with Crippen molar-refractivity contribution in [1.29, 1.82) is 0 Å². The Labute approximate surface area is 172 Å². The Hall–Kier alpha value is -3.33. The highest BCUT2D eigenvalue weighted by molar-refractivity contribution is 5.80. The largest absolute Gasteiger partial charge is 0.493 e. The van der Waals surface area contributed by atoms with Crippen molar-refractivity contribution in [2.45, 2.75) is 25.8 Å². The summed E-state index contributed by atoms with van der Waals surface area (Å²) in [6, 6.07) is 27.0. The SMILES string of the molecule is C=CCc1ccccc1OCCCCn1c(-c2ccccc2)nc2ccccc21. The number of nitrogens with zero attached hydrogens (tertiary/aromatic N) is 2. The third kappa shape index (κ3) is 4.40. The molecule has 3 heteroatoms. The van der Waals surface area contributed by atoms with Gasteiger partial charge < -0.3 is 9.30 Å². The van der Waals surface area contributed by atoms with Gasteiger partial charge in [0.1, 0.15) is 11.6 Å². The molecule has 0 aliphatic heterocycles. The van der Waals surface area contributed by atoms with E-state index < -0.39 is 0 Å². The van der Waals surface area contributed by atoms with E-state index in [1.807, 2.05) is 36.4 Å². The fourth-order valence-corrected chi connectivity index (χ4v) is 3.63.